The van der Waals surface area contributed by atoms with E-state index in [0.717, 1.165) is 30.3 Å². The third-order valence-electron chi connectivity index (χ3n) is 5.14. The standard InChI is InChI=1S/C21H21F3N4O/c1-15-4-2-5-16(12-15)20-26-25-19(29-20)14-27-8-10-28(11-9-27)18-7-3-6-17(13-18)21(22,23)24/h2-7,12-13H,8-11,14H2,1H3/p+1. The van der Waals surface area contributed by atoms with Gasteiger partial charge in [0.05, 0.1) is 31.7 Å². The van der Waals surface area contributed by atoms with E-state index in [4.69, 9.17) is 4.42 Å². The zero-order valence-corrected chi connectivity index (χ0v) is 16.0. The van der Waals surface area contributed by atoms with Crippen LogP contribution in [0.1, 0.15) is 17.0 Å². The van der Waals surface area contributed by atoms with Gasteiger partial charge in [0, 0.05) is 11.3 Å². The Hall–Kier alpha value is -2.87. The van der Waals surface area contributed by atoms with Crippen LogP contribution in [0.25, 0.3) is 11.5 Å². The van der Waals surface area contributed by atoms with Gasteiger partial charge in [-0.2, -0.15) is 13.2 Å². The number of nitrogens with zero attached hydrogens (tertiary/aromatic N) is 3. The third-order valence-corrected chi connectivity index (χ3v) is 5.14. The molecule has 1 saturated heterocycles. The zero-order valence-electron chi connectivity index (χ0n) is 16.0. The van der Waals surface area contributed by atoms with Crippen LogP contribution in [-0.2, 0) is 12.7 Å². The lowest BCUT2D eigenvalue weighted by molar-refractivity contribution is -0.915. The molecule has 1 aliphatic heterocycles. The van der Waals surface area contributed by atoms with Gasteiger partial charge in [-0.05, 0) is 37.3 Å². The van der Waals surface area contributed by atoms with Crippen LogP contribution in [-0.4, -0.2) is 36.4 Å². The molecule has 3 aromatic rings. The molecule has 1 aromatic heterocycles. The maximum atomic E-state index is 12.9. The van der Waals surface area contributed by atoms with Gasteiger partial charge in [-0.25, -0.2) is 0 Å². The molecule has 0 unspecified atom stereocenters. The highest BCUT2D eigenvalue weighted by molar-refractivity contribution is 5.53. The summed E-state index contributed by atoms with van der Waals surface area (Å²) >= 11 is 0. The first-order chi connectivity index (χ1) is 13.9. The Morgan fingerprint density at radius 2 is 1.79 bits per heavy atom. The van der Waals surface area contributed by atoms with Gasteiger partial charge >= 0.3 is 6.18 Å². The number of aryl methyl sites for hydroxylation is 1. The Bertz CT molecular complexity index is 978. The molecular weight excluding hydrogens is 381 g/mol. The van der Waals surface area contributed by atoms with Crippen molar-refractivity contribution in [2.24, 2.45) is 0 Å². The molecule has 0 radical (unpaired) electrons. The summed E-state index contributed by atoms with van der Waals surface area (Å²) in [6.45, 7) is 5.55. The fourth-order valence-electron chi connectivity index (χ4n) is 3.57. The van der Waals surface area contributed by atoms with Crippen LogP contribution in [0.5, 0.6) is 0 Å². The zero-order chi connectivity index (χ0) is 20.4. The summed E-state index contributed by atoms with van der Waals surface area (Å²) in [4.78, 5) is 3.26. The molecule has 0 amide bonds. The second-order valence-electron chi connectivity index (χ2n) is 7.33. The monoisotopic (exact) mass is 403 g/mol. The second-order valence-corrected chi connectivity index (χ2v) is 7.33. The number of nitrogens with one attached hydrogen (secondary N) is 1. The number of hydrogen-bond donors (Lipinski definition) is 1. The molecule has 0 bridgehead atoms. The topological polar surface area (TPSA) is 46.6 Å². The molecule has 0 atom stereocenters. The maximum Gasteiger partial charge on any atom is 0.416 e. The summed E-state index contributed by atoms with van der Waals surface area (Å²) in [6, 6.07) is 13.4. The molecule has 4 rings (SSSR count). The van der Waals surface area contributed by atoms with Crippen molar-refractivity contribution in [1.82, 2.24) is 10.2 Å². The SMILES string of the molecule is Cc1cccc(-c2nnc(C[NH+]3CCN(c4cccc(C(F)(F)F)c4)CC3)o2)c1. The van der Waals surface area contributed by atoms with E-state index in [1.807, 2.05) is 36.1 Å². The predicted molar refractivity (Wildman–Crippen MR) is 103 cm³/mol. The molecule has 1 aliphatic rings. The highest BCUT2D eigenvalue weighted by Gasteiger charge is 2.31. The summed E-state index contributed by atoms with van der Waals surface area (Å²) in [5, 5.41) is 8.30. The quantitative estimate of drug-likeness (QED) is 0.728. The minimum Gasteiger partial charge on any atom is -0.415 e. The van der Waals surface area contributed by atoms with Gasteiger partial charge in [-0.1, -0.05) is 23.8 Å². The largest absolute Gasteiger partial charge is 0.416 e. The van der Waals surface area contributed by atoms with Crippen LogP contribution in [0, 0.1) is 6.92 Å². The smallest absolute Gasteiger partial charge is 0.415 e. The van der Waals surface area contributed by atoms with E-state index in [1.54, 1.807) is 6.07 Å². The van der Waals surface area contributed by atoms with E-state index in [-0.39, 0.29) is 0 Å². The van der Waals surface area contributed by atoms with Crippen LogP contribution in [0.3, 0.4) is 0 Å². The van der Waals surface area contributed by atoms with Crippen molar-refractivity contribution in [3.8, 4) is 11.5 Å². The van der Waals surface area contributed by atoms with E-state index < -0.39 is 11.7 Å². The first kappa shape index (κ1) is 19.4. The second kappa shape index (κ2) is 7.87. The van der Waals surface area contributed by atoms with Crippen molar-refractivity contribution in [1.29, 1.82) is 0 Å². The lowest BCUT2D eigenvalue weighted by atomic mass is 10.1. The Kier molecular flexibility index (Phi) is 5.27. The molecule has 1 fully saturated rings. The van der Waals surface area contributed by atoms with Crippen molar-refractivity contribution in [2.45, 2.75) is 19.6 Å². The minimum absolute atomic E-state index is 0.505. The number of alkyl halides is 3. The number of hydrogen-bond acceptors (Lipinski definition) is 4. The summed E-state index contributed by atoms with van der Waals surface area (Å²) in [5.74, 6) is 1.08. The molecule has 0 aliphatic carbocycles. The Morgan fingerprint density at radius 1 is 1.03 bits per heavy atom. The summed E-state index contributed by atoms with van der Waals surface area (Å²) < 4.78 is 44.6. The fraction of sp³-hybridized carbons (Fsp3) is 0.333. The van der Waals surface area contributed by atoms with E-state index in [9.17, 15) is 13.2 Å². The van der Waals surface area contributed by atoms with Gasteiger partial charge in [0.15, 0.2) is 6.54 Å². The van der Waals surface area contributed by atoms with Crippen molar-refractivity contribution in [2.75, 3.05) is 31.1 Å². The number of quaternary nitrogens is 1. The van der Waals surface area contributed by atoms with Crippen molar-refractivity contribution < 1.29 is 22.5 Å². The van der Waals surface area contributed by atoms with Crippen LogP contribution in [0.4, 0.5) is 18.9 Å². The van der Waals surface area contributed by atoms with E-state index in [0.29, 0.717) is 37.1 Å². The molecule has 8 heteroatoms. The summed E-state index contributed by atoms with van der Waals surface area (Å²) in [6.07, 6.45) is -4.32. The predicted octanol–water partition coefficient (Wildman–Crippen LogP) is 2.97. The number of rotatable bonds is 4. The van der Waals surface area contributed by atoms with Gasteiger partial charge in [-0.3, -0.25) is 0 Å². The van der Waals surface area contributed by atoms with E-state index >= 15 is 0 Å². The minimum atomic E-state index is -4.32. The maximum absolute atomic E-state index is 12.9. The van der Waals surface area contributed by atoms with Crippen LogP contribution >= 0.6 is 0 Å². The van der Waals surface area contributed by atoms with Crippen molar-refractivity contribution in [3.63, 3.8) is 0 Å². The average molecular weight is 403 g/mol. The first-order valence-corrected chi connectivity index (χ1v) is 9.54. The Balaban J connectivity index is 1.36. The number of aromatic nitrogens is 2. The molecule has 5 nitrogen and oxygen atoms in total. The molecule has 2 heterocycles. The van der Waals surface area contributed by atoms with Crippen molar-refractivity contribution >= 4 is 5.69 Å². The lowest BCUT2D eigenvalue weighted by Gasteiger charge is -2.33. The molecule has 29 heavy (non-hydrogen) atoms. The fourth-order valence-corrected chi connectivity index (χ4v) is 3.57. The molecule has 2 aromatic carbocycles. The highest BCUT2D eigenvalue weighted by Crippen LogP contribution is 2.31. The van der Waals surface area contributed by atoms with Gasteiger partial charge in [0.1, 0.15) is 0 Å². The van der Waals surface area contributed by atoms with Gasteiger partial charge in [0.2, 0.25) is 5.89 Å². The Morgan fingerprint density at radius 3 is 2.52 bits per heavy atom. The first-order valence-electron chi connectivity index (χ1n) is 9.54. The van der Waals surface area contributed by atoms with Crippen LogP contribution < -0.4 is 9.80 Å². The highest BCUT2D eigenvalue weighted by atomic mass is 19.4. The normalized spacial score (nSPS) is 15.7. The van der Waals surface area contributed by atoms with E-state index in [1.165, 1.54) is 17.0 Å². The summed E-state index contributed by atoms with van der Waals surface area (Å²) in [7, 11) is 0. The molecule has 0 spiro atoms. The number of anilines is 1. The van der Waals surface area contributed by atoms with Crippen LogP contribution in [0.15, 0.2) is 52.9 Å². The molecule has 0 saturated carbocycles. The number of piperazine rings is 1. The number of benzene rings is 2. The molecule has 152 valence electrons. The molecular formula is C21H22F3N4O+. The third kappa shape index (κ3) is 4.59. The lowest BCUT2D eigenvalue weighted by Crippen LogP contribution is -3.13. The van der Waals surface area contributed by atoms with E-state index in [2.05, 4.69) is 10.2 Å². The van der Waals surface area contributed by atoms with Gasteiger partial charge in [-0.15, -0.1) is 10.2 Å². The van der Waals surface area contributed by atoms with Crippen molar-refractivity contribution in [3.05, 3.63) is 65.5 Å². The average Bonchev–Trinajstić information content (AvgIpc) is 3.17. The van der Waals surface area contributed by atoms with Gasteiger partial charge < -0.3 is 14.2 Å². The molecule has 1 N–H and O–H groups in total. The summed E-state index contributed by atoms with van der Waals surface area (Å²) in [5.41, 5.74) is 2.02. The number of halogens is 3. The Labute approximate surface area is 166 Å². The van der Waals surface area contributed by atoms with Gasteiger partial charge in [0.25, 0.3) is 5.89 Å². The van der Waals surface area contributed by atoms with Crippen LogP contribution in [0.2, 0.25) is 0 Å².